The highest BCUT2D eigenvalue weighted by molar-refractivity contribution is 6.01. The highest BCUT2D eigenvalue weighted by Crippen LogP contribution is 2.35. The molecule has 13 nitrogen and oxygen atoms in total. The van der Waals surface area contributed by atoms with Crippen LogP contribution in [0.1, 0.15) is 56.3 Å². The summed E-state index contributed by atoms with van der Waals surface area (Å²) in [4.78, 5) is 42.6. The van der Waals surface area contributed by atoms with E-state index in [0.717, 1.165) is 25.7 Å². The number of aliphatic hydroxyl groups excluding tert-OH is 1. The van der Waals surface area contributed by atoms with Gasteiger partial charge in [-0.3, -0.25) is 9.59 Å². The molecule has 1 aliphatic heterocycles. The van der Waals surface area contributed by atoms with Gasteiger partial charge in [0.05, 0.1) is 30.4 Å². The number of carbonyl (C=O) groups is 3. The number of ether oxygens (including phenoxy) is 1. The highest BCUT2D eigenvalue weighted by Gasteiger charge is 2.35. The summed E-state index contributed by atoms with van der Waals surface area (Å²) in [6.07, 6.45) is 6.22. The van der Waals surface area contributed by atoms with Gasteiger partial charge in [0.1, 0.15) is 19.0 Å². The monoisotopic (exact) mass is 542 g/mol. The second kappa shape index (κ2) is 12.9. The fraction of sp³-hybridized carbons (Fsp3) is 0.615. The van der Waals surface area contributed by atoms with Crippen molar-refractivity contribution < 1.29 is 24.2 Å². The van der Waals surface area contributed by atoms with E-state index in [4.69, 9.17) is 4.74 Å². The molecule has 1 fully saturated rings. The van der Waals surface area contributed by atoms with Gasteiger partial charge in [0, 0.05) is 25.6 Å². The predicted octanol–water partition coefficient (Wildman–Crippen LogP) is 1.51. The molecule has 3 atom stereocenters. The van der Waals surface area contributed by atoms with Crippen molar-refractivity contribution in [2.24, 2.45) is 5.92 Å². The number of aliphatic hydroxyl groups is 1. The molecule has 1 aliphatic carbocycles. The average Bonchev–Trinajstić information content (AvgIpc) is 3.44. The van der Waals surface area contributed by atoms with E-state index in [9.17, 15) is 19.5 Å². The number of hydrogen-bond donors (Lipinski definition) is 3. The highest BCUT2D eigenvalue weighted by atomic mass is 16.5. The van der Waals surface area contributed by atoms with Crippen LogP contribution in [0.4, 0.5) is 10.5 Å². The Morgan fingerprint density at radius 2 is 2.03 bits per heavy atom. The van der Waals surface area contributed by atoms with Gasteiger partial charge in [-0.2, -0.15) is 0 Å². The Labute approximate surface area is 227 Å². The number of tetrazole rings is 1. The molecule has 212 valence electrons. The number of nitrogens with zero attached hydrogens (tertiary/aromatic N) is 6. The van der Waals surface area contributed by atoms with Crippen molar-refractivity contribution in [1.29, 1.82) is 0 Å². The summed E-state index contributed by atoms with van der Waals surface area (Å²) >= 11 is 0. The molecule has 1 saturated carbocycles. The zero-order chi connectivity index (χ0) is 27.9. The third-order valence-electron chi connectivity index (χ3n) is 7.40. The van der Waals surface area contributed by atoms with Crippen LogP contribution in [-0.4, -0.2) is 97.9 Å². The predicted molar refractivity (Wildman–Crippen MR) is 142 cm³/mol. The minimum absolute atomic E-state index is 0.123. The number of urea groups is 1. The molecule has 0 saturated heterocycles. The standard InChI is InChI=1S/C26H38N8O5/c1-17-12-34(18(2)15-35)25(37)20-10-7-11-21(29-23(36)14-33-16-27-30-31-33)24(20)39-22(17)13-32(3)26(38)28-19-8-5-4-6-9-19/h7,10-11,16-19,22,35H,4-6,8-9,12-15H2,1-3H3,(H,28,38)(H,29,36)/t17-,18+,22+/m0/s1. The molecule has 1 aromatic heterocycles. The van der Waals surface area contributed by atoms with Crippen LogP contribution in [0.5, 0.6) is 5.75 Å². The van der Waals surface area contributed by atoms with E-state index in [-0.39, 0.29) is 54.9 Å². The van der Waals surface area contributed by atoms with Gasteiger partial charge in [0.2, 0.25) is 5.91 Å². The Kier molecular flexibility index (Phi) is 9.33. The second-order valence-electron chi connectivity index (χ2n) is 10.5. The summed E-state index contributed by atoms with van der Waals surface area (Å²) in [6.45, 7) is 4.00. The van der Waals surface area contributed by atoms with Crippen LogP contribution in [0.3, 0.4) is 0 Å². The molecule has 0 bridgehead atoms. The molecule has 0 spiro atoms. The summed E-state index contributed by atoms with van der Waals surface area (Å²) in [5.41, 5.74) is 0.589. The first-order valence-corrected chi connectivity index (χ1v) is 13.5. The molecule has 4 amide bonds. The van der Waals surface area contributed by atoms with Gasteiger partial charge in [0.15, 0.2) is 5.75 Å². The topological polar surface area (TPSA) is 155 Å². The first kappa shape index (κ1) is 28.3. The van der Waals surface area contributed by atoms with Gasteiger partial charge in [-0.15, -0.1) is 5.10 Å². The molecule has 39 heavy (non-hydrogen) atoms. The van der Waals surface area contributed by atoms with Crippen molar-refractivity contribution in [1.82, 2.24) is 35.3 Å². The summed E-state index contributed by atoms with van der Waals surface area (Å²) < 4.78 is 7.75. The van der Waals surface area contributed by atoms with Crippen molar-refractivity contribution in [2.45, 2.75) is 70.7 Å². The van der Waals surface area contributed by atoms with E-state index in [1.807, 2.05) is 6.92 Å². The van der Waals surface area contributed by atoms with Gasteiger partial charge in [-0.25, -0.2) is 9.48 Å². The lowest BCUT2D eigenvalue weighted by Gasteiger charge is -2.38. The Hall–Kier alpha value is -3.74. The van der Waals surface area contributed by atoms with Crippen LogP contribution in [-0.2, 0) is 11.3 Å². The Balaban J connectivity index is 1.59. The van der Waals surface area contributed by atoms with Crippen molar-refractivity contribution >= 4 is 23.5 Å². The van der Waals surface area contributed by atoms with Gasteiger partial charge in [0.25, 0.3) is 5.91 Å². The largest absolute Gasteiger partial charge is 0.485 e. The normalized spacial score (nSPS) is 20.7. The van der Waals surface area contributed by atoms with Crippen LogP contribution in [0.25, 0.3) is 0 Å². The molecular formula is C26H38N8O5. The lowest BCUT2D eigenvalue weighted by molar-refractivity contribution is -0.117. The summed E-state index contributed by atoms with van der Waals surface area (Å²) in [5, 5.41) is 26.6. The molecule has 2 aromatic rings. The van der Waals surface area contributed by atoms with E-state index < -0.39 is 18.1 Å². The molecule has 2 aliphatic rings. The van der Waals surface area contributed by atoms with Crippen LogP contribution < -0.4 is 15.4 Å². The van der Waals surface area contributed by atoms with Crippen molar-refractivity contribution in [3.63, 3.8) is 0 Å². The maximum atomic E-state index is 13.6. The van der Waals surface area contributed by atoms with Gasteiger partial charge in [-0.1, -0.05) is 32.3 Å². The van der Waals surface area contributed by atoms with Crippen LogP contribution in [0, 0.1) is 5.92 Å². The lowest BCUT2D eigenvalue weighted by atomic mass is 9.96. The third kappa shape index (κ3) is 7.02. The molecule has 13 heteroatoms. The number of para-hydroxylation sites is 1. The molecular weight excluding hydrogens is 504 g/mol. The number of aromatic nitrogens is 4. The number of nitrogens with one attached hydrogen (secondary N) is 2. The minimum atomic E-state index is -0.495. The van der Waals surface area contributed by atoms with E-state index in [2.05, 4.69) is 26.2 Å². The molecule has 3 N–H and O–H groups in total. The van der Waals surface area contributed by atoms with Gasteiger partial charge >= 0.3 is 6.03 Å². The van der Waals surface area contributed by atoms with Gasteiger partial charge < -0.3 is 30.3 Å². The fourth-order valence-corrected chi connectivity index (χ4v) is 5.03. The molecule has 1 aromatic carbocycles. The maximum absolute atomic E-state index is 13.6. The summed E-state index contributed by atoms with van der Waals surface area (Å²) in [6, 6.07) is 4.53. The van der Waals surface area contributed by atoms with Gasteiger partial charge in [-0.05, 0) is 42.3 Å². The lowest BCUT2D eigenvalue weighted by Crippen LogP contribution is -2.52. The SMILES string of the molecule is C[C@H](CO)N1C[C@H](C)[C@@H](CN(C)C(=O)NC2CCCCC2)Oc2c(NC(=O)Cn3cnnn3)cccc2C1=O. The number of rotatable bonds is 8. The van der Waals surface area contributed by atoms with Crippen LogP contribution >= 0.6 is 0 Å². The average molecular weight is 543 g/mol. The number of amides is 4. The second-order valence-corrected chi connectivity index (χ2v) is 10.5. The Morgan fingerprint density at radius 1 is 1.26 bits per heavy atom. The van der Waals surface area contributed by atoms with Crippen molar-refractivity contribution in [3.8, 4) is 5.75 Å². The molecule has 0 radical (unpaired) electrons. The number of anilines is 1. The minimum Gasteiger partial charge on any atom is -0.485 e. The number of carbonyl (C=O) groups excluding carboxylic acids is 3. The van der Waals surface area contributed by atoms with Crippen molar-refractivity contribution in [3.05, 3.63) is 30.1 Å². The number of hydrogen-bond acceptors (Lipinski definition) is 8. The van der Waals surface area contributed by atoms with Crippen molar-refractivity contribution in [2.75, 3.05) is 32.1 Å². The first-order chi connectivity index (χ1) is 18.8. The van der Waals surface area contributed by atoms with E-state index in [0.29, 0.717) is 12.2 Å². The summed E-state index contributed by atoms with van der Waals surface area (Å²) in [7, 11) is 1.73. The number of benzene rings is 1. The van der Waals surface area contributed by atoms with E-state index >= 15 is 0 Å². The third-order valence-corrected chi connectivity index (χ3v) is 7.40. The Morgan fingerprint density at radius 3 is 2.72 bits per heavy atom. The first-order valence-electron chi connectivity index (χ1n) is 13.5. The molecule has 0 unspecified atom stereocenters. The number of fused-ring (bicyclic) bond motifs is 1. The summed E-state index contributed by atoms with van der Waals surface area (Å²) in [5.74, 6) is -0.675. The quantitative estimate of drug-likeness (QED) is 0.453. The van der Waals surface area contributed by atoms with E-state index in [1.54, 1.807) is 42.0 Å². The molecule has 2 heterocycles. The van der Waals surface area contributed by atoms with E-state index in [1.165, 1.54) is 17.4 Å². The van der Waals surface area contributed by atoms with Crippen LogP contribution in [0.2, 0.25) is 0 Å². The molecule has 4 rings (SSSR count). The number of likely N-dealkylation sites (N-methyl/N-ethyl adjacent to an activating group) is 1. The smallest absolute Gasteiger partial charge is 0.317 e. The zero-order valence-corrected chi connectivity index (χ0v) is 22.7. The Bertz CT molecular complexity index is 1140. The zero-order valence-electron chi connectivity index (χ0n) is 22.7. The van der Waals surface area contributed by atoms with Crippen LogP contribution in [0.15, 0.2) is 24.5 Å². The maximum Gasteiger partial charge on any atom is 0.317 e. The fourth-order valence-electron chi connectivity index (χ4n) is 5.03.